The van der Waals surface area contributed by atoms with Gasteiger partial charge in [0.15, 0.2) is 0 Å². The molecule has 1 N–H and O–H groups in total. The van der Waals surface area contributed by atoms with Crippen LogP contribution in [0.15, 0.2) is 18.2 Å². The molecule has 4 heteroatoms. The molecule has 1 fully saturated rings. The zero-order valence-corrected chi connectivity index (χ0v) is 12.7. The molecular formula is C15H23ClN2O. The SMILES string of the molecule is CC(C)(C)N1CCN(c2cc(Cl)ccc2CO)CC1. The van der Waals surface area contributed by atoms with Gasteiger partial charge in [0, 0.05) is 48.0 Å². The van der Waals surface area contributed by atoms with Crippen molar-refractivity contribution in [2.45, 2.75) is 32.9 Å². The Balaban J connectivity index is 2.11. The maximum absolute atomic E-state index is 9.44. The molecule has 1 aliphatic rings. The van der Waals surface area contributed by atoms with Gasteiger partial charge in [-0.2, -0.15) is 0 Å². The van der Waals surface area contributed by atoms with Gasteiger partial charge in [-0.1, -0.05) is 17.7 Å². The van der Waals surface area contributed by atoms with Crippen molar-refractivity contribution in [1.82, 2.24) is 4.90 Å². The molecule has 0 spiro atoms. The highest BCUT2D eigenvalue weighted by molar-refractivity contribution is 6.30. The van der Waals surface area contributed by atoms with Crippen LogP contribution in [-0.4, -0.2) is 41.7 Å². The normalized spacial score (nSPS) is 17.8. The zero-order chi connectivity index (χ0) is 14.0. The molecular weight excluding hydrogens is 260 g/mol. The first kappa shape index (κ1) is 14.6. The van der Waals surface area contributed by atoms with E-state index in [0.29, 0.717) is 0 Å². The van der Waals surface area contributed by atoms with Crippen LogP contribution in [0.1, 0.15) is 26.3 Å². The predicted octanol–water partition coefficient (Wildman–Crippen LogP) is 2.75. The molecule has 1 aromatic rings. The van der Waals surface area contributed by atoms with E-state index in [-0.39, 0.29) is 12.1 Å². The molecule has 1 aliphatic heterocycles. The minimum Gasteiger partial charge on any atom is -0.392 e. The summed E-state index contributed by atoms with van der Waals surface area (Å²) in [7, 11) is 0. The highest BCUT2D eigenvalue weighted by Gasteiger charge is 2.26. The molecule has 0 aliphatic carbocycles. The lowest BCUT2D eigenvalue weighted by molar-refractivity contribution is 0.128. The molecule has 3 nitrogen and oxygen atoms in total. The largest absolute Gasteiger partial charge is 0.392 e. The van der Waals surface area contributed by atoms with E-state index in [1.165, 1.54) is 0 Å². The minimum atomic E-state index is 0.0615. The molecule has 0 amide bonds. The average molecular weight is 283 g/mol. The number of aliphatic hydroxyl groups is 1. The lowest BCUT2D eigenvalue weighted by atomic mass is 10.0. The summed E-state index contributed by atoms with van der Waals surface area (Å²) in [5, 5.41) is 10.2. The molecule has 19 heavy (non-hydrogen) atoms. The number of hydrogen-bond donors (Lipinski definition) is 1. The maximum atomic E-state index is 9.44. The third-order valence-electron chi connectivity index (χ3n) is 3.79. The molecule has 0 atom stereocenters. The third kappa shape index (κ3) is 3.41. The van der Waals surface area contributed by atoms with Gasteiger partial charge in [0.1, 0.15) is 0 Å². The molecule has 1 saturated heterocycles. The smallest absolute Gasteiger partial charge is 0.0702 e. The predicted molar refractivity (Wildman–Crippen MR) is 80.9 cm³/mol. The van der Waals surface area contributed by atoms with Crippen molar-refractivity contribution in [3.8, 4) is 0 Å². The van der Waals surface area contributed by atoms with Crippen LogP contribution in [0.3, 0.4) is 0 Å². The summed E-state index contributed by atoms with van der Waals surface area (Å²) in [5.74, 6) is 0. The van der Waals surface area contributed by atoms with E-state index in [1.807, 2.05) is 18.2 Å². The van der Waals surface area contributed by atoms with Gasteiger partial charge in [-0.15, -0.1) is 0 Å². The Morgan fingerprint density at radius 2 is 1.79 bits per heavy atom. The summed E-state index contributed by atoms with van der Waals surface area (Å²) in [6.07, 6.45) is 0. The summed E-state index contributed by atoms with van der Waals surface area (Å²) < 4.78 is 0. The van der Waals surface area contributed by atoms with Crippen LogP contribution in [0.25, 0.3) is 0 Å². The second kappa shape index (κ2) is 5.70. The highest BCUT2D eigenvalue weighted by atomic mass is 35.5. The fourth-order valence-electron chi connectivity index (χ4n) is 2.58. The monoisotopic (exact) mass is 282 g/mol. The lowest BCUT2D eigenvalue weighted by Gasteiger charge is -2.43. The molecule has 106 valence electrons. The summed E-state index contributed by atoms with van der Waals surface area (Å²) in [5.41, 5.74) is 2.25. The van der Waals surface area contributed by atoms with Crippen LogP contribution < -0.4 is 4.90 Å². The Hall–Kier alpha value is -0.770. The standard InChI is InChI=1S/C15H23ClN2O/c1-15(2,3)18-8-6-17(7-9-18)14-10-13(16)5-4-12(14)11-19/h4-5,10,19H,6-9,11H2,1-3H3. The van der Waals surface area contributed by atoms with Gasteiger partial charge < -0.3 is 10.0 Å². The molecule has 0 unspecified atom stereocenters. The number of anilines is 1. The van der Waals surface area contributed by atoms with Crippen LogP contribution in [0, 0.1) is 0 Å². The molecule has 0 radical (unpaired) electrons. The van der Waals surface area contributed by atoms with E-state index in [1.54, 1.807) is 0 Å². The van der Waals surface area contributed by atoms with E-state index < -0.39 is 0 Å². The van der Waals surface area contributed by atoms with Crippen molar-refractivity contribution >= 4 is 17.3 Å². The first-order chi connectivity index (χ1) is 8.91. The highest BCUT2D eigenvalue weighted by Crippen LogP contribution is 2.27. The maximum Gasteiger partial charge on any atom is 0.0702 e. The second-order valence-electron chi connectivity index (χ2n) is 6.08. The van der Waals surface area contributed by atoms with Crippen molar-refractivity contribution in [3.63, 3.8) is 0 Å². The van der Waals surface area contributed by atoms with Crippen molar-refractivity contribution < 1.29 is 5.11 Å². The molecule has 1 heterocycles. The average Bonchev–Trinajstić information content (AvgIpc) is 2.38. The molecule has 2 rings (SSSR count). The van der Waals surface area contributed by atoms with E-state index in [4.69, 9.17) is 11.6 Å². The molecule has 1 aromatic carbocycles. The fourth-order valence-corrected chi connectivity index (χ4v) is 2.75. The van der Waals surface area contributed by atoms with E-state index in [9.17, 15) is 5.11 Å². The minimum absolute atomic E-state index is 0.0615. The van der Waals surface area contributed by atoms with Gasteiger partial charge in [0.25, 0.3) is 0 Å². The van der Waals surface area contributed by atoms with E-state index in [2.05, 4.69) is 30.6 Å². The van der Waals surface area contributed by atoms with Crippen molar-refractivity contribution in [2.24, 2.45) is 0 Å². The van der Waals surface area contributed by atoms with Gasteiger partial charge in [0.2, 0.25) is 0 Å². The summed E-state index contributed by atoms with van der Waals surface area (Å²) >= 11 is 6.08. The second-order valence-corrected chi connectivity index (χ2v) is 6.51. The van der Waals surface area contributed by atoms with Crippen LogP contribution in [0.5, 0.6) is 0 Å². The van der Waals surface area contributed by atoms with Crippen molar-refractivity contribution in [1.29, 1.82) is 0 Å². The quantitative estimate of drug-likeness (QED) is 0.904. The van der Waals surface area contributed by atoms with Gasteiger partial charge in [-0.3, -0.25) is 4.90 Å². The number of piperazine rings is 1. The van der Waals surface area contributed by atoms with Crippen LogP contribution in [0.2, 0.25) is 5.02 Å². The molecule has 0 bridgehead atoms. The zero-order valence-electron chi connectivity index (χ0n) is 12.0. The number of benzene rings is 1. The topological polar surface area (TPSA) is 26.7 Å². The third-order valence-corrected chi connectivity index (χ3v) is 4.02. The summed E-state index contributed by atoms with van der Waals surface area (Å²) in [6, 6.07) is 5.70. The van der Waals surface area contributed by atoms with Gasteiger partial charge in [0.05, 0.1) is 6.61 Å². The Labute approximate surface area is 120 Å². The van der Waals surface area contributed by atoms with Gasteiger partial charge >= 0.3 is 0 Å². The Kier molecular flexibility index (Phi) is 4.39. The van der Waals surface area contributed by atoms with E-state index >= 15 is 0 Å². The number of nitrogens with zero attached hydrogens (tertiary/aromatic N) is 2. The molecule has 0 saturated carbocycles. The Bertz CT molecular complexity index is 434. The lowest BCUT2D eigenvalue weighted by Crippen LogP contribution is -2.53. The van der Waals surface area contributed by atoms with Crippen LogP contribution in [-0.2, 0) is 6.61 Å². The van der Waals surface area contributed by atoms with Crippen molar-refractivity contribution in [3.05, 3.63) is 28.8 Å². The number of rotatable bonds is 2. The number of aliphatic hydroxyl groups excluding tert-OH is 1. The first-order valence-corrected chi connectivity index (χ1v) is 7.19. The summed E-state index contributed by atoms with van der Waals surface area (Å²) in [6.45, 7) is 10.9. The Morgan fingerprint density at radius 3 is 2.32 bits per heavy atom. The summed E-state index contributed by atoms with van der Waals surface area (Å²) in [4.78, 5) is 4.81. The fraction of sp³-hybridized carbons (Fsp3) is 0.600. The van der Waals surface area contributed by atoms with Gasteiger partial charge in [-0.05, 0) is 32.9 Å². The first-order valence-electron chi connectivity index (χ1n) is 6.81. The van der Waals surface area contributed by atoms with Crippen LogP contribution >= 0.6 is 11.6 Å². The van der Waals surface area contributed by atoms with Gasteiger partial charge in [-0.25, -0.2) is 0 Å². The van der Waals surface area contributed by atoms with Crippen molar-refractivity contribution in [2.75, 3.05) is 31.1 Å². The number of hydrogen-bond acceptors (Lipinski definition) is 3. The molecule has 0 aromatic heterocycles. The van der Waals surface area contributed by atoms with E-state index in [0.717, 1.165) is 42.5 Å². The number of halogens is 1. The van der Waals surface area contributed by atoms with Crippen LogP contribution in [0.4, 0.5) is 5.69 Å². The Morgan fingerprint density at radius 1 is 1.16 bits per heavy atom.